The van der Waals surface area contributed by atoms with Gasteiger partial charge in [0, 0.05) is 26.2 Å². The minimum Gasteiger partial charge on any atom is -0.481 e. The van der Waals surface area contributed by atoms with E-state index < -0.39 is 11.4 Å². The summed E-state index contributed by atoms with van der Waals surface area (Å²) >= 11 is 0. The lowest BCUT2D eigenvalue weighted by Gasteiger charge is -2.40. The fraction of sp³-hybridized carbons (Fsp3) is 0.938. The van der Waals surface area contributed by atoms with E-state index in [0.29, 0.717) is 5.92 Å². The topological polar surface area (TPSA) is 53.0 Å². The molecule has 0 aliphatic carbocycles. The Morgan fingerprint density at radius 2 is 1.95 bits per heavy atom. The number of rotatable bonds is 5. The molecule has 21 heavy (non-hydrogen) atoms. The maximum absolute atomic E-state index is 11.3. The predicted molar refractivity (Wildman–Crippen MR) is 82.4 cm³/mol. The Kier molecular flexibility index (Phi) is 5.63. The maximum atomic E-state index is 11.3. The summed E-state index contributed by atoms with van der Waals surface area (Å²) in [5.74, 6) is 0.0363. The van der Waals surface area contributed by atoms with E-state index in [0.717, 1.165) is 58.7 Å². The highest BCUT2D eigenvalue weighted by atomic mass is 16.5. The van der Waals surface area contributed by atoms with Gasteiger partial charge in [-0.3, -0.25) is 9.69 Å². The van der Waals surface area contributed by atoms with Crippen molar-refractivity contribution < 1.29 is 14.6 Å². The van der Waals surface area contributed by atoms with Crippen LogP contribution < -0.4 is 0 Å². The average Bonchev–Trinajstić information content (AvgIpc) is 2.41. The molecule has 2 heterocycles. The molecule has 0 spiro atoms. The van der Waals surface area contributed by atoms with Crippen LogP contribution in [0, 0.1) is 11.3 Å². The lowest BCUT2D eigenvalue weighted by atomic mass is 9.80. The fourth-order valence-corrected chi connectivity index (χ4v) is 3.30. The molecule has 5 nitrogen and oxygen atoms in total. The standard InChI is InChI=1S/C16H30N2O3/c1-13(2)10-18-8-9-21-14(12-18)11-17-6-4-16(3,5-7-17)15(19)20/h13-14H,4-12H2,1-3H3,(H,19,20). The van der Waals surface area contributed by atoms with Gasteiger partial charge in [-0.1, -0.05) is 13.8 Å². The van der Waals surface area contributed by atoms with Crippen LogP contribution in [0.5, 0.6) is 0 Å². The van der Waals surface area contributed by atoms with E-state index in [1.807, 2.05) is 6.92 Å². The van der Waals surface area contributed by atoms with Crippen LogP contribution in [0.25, 0.3) is 0 Å². The first-order valence-corrected chi connectivity index (χ1v) is 8.19. The van der Waals surface area contributed by atoms with Gasteiger partial charge in [0.15, 0.2) is 0 Å². The number of morpholine rings is 1. The molecule has 122 valence electrons. The molecule has 0 aromatic rings. The van der Waals surface area contributed by atoms with Crippen molar-refractivity contribution in [2.45, 2.75) is 39.7 Å². The molecule has 0 aromatic carbocycles. The van der Waals surface area contributed by atoms with E-state index in [2.05, 4.69) is 23.6 Å². The predicted octanol–water partition coefficient (Wildman–Crippen LogP) is 1.53. The Morgan fingerprint density at radius 1 is 1.29 bits per heavy atom. The molecule has 2 aliphatic heterocycles. The van der Waals surface area contributed by atoms with Gasteiger partial charge < -0.3 is 14.7 Å². The van der Waals surface area contributed by atoms with Crippen molar-refractivity contribution in [1.82, 2.24) is 9.80 Å². The third-order valence-electron chi connectivity index (χ3n) is 4.78. The molecule has 5 heteroatoms. The summed E-state index contributed by atoms with van der Waals surface area (Å²) in [6.45, 7) is 13.0. The zero-order valence-electron chi connectivity index (χ0n) is 13.7. The van der Waals surface area contributed by atoms with Crippen molar-refractivity contribution in [2.24, 2.45) is 11.3 Å². The molecule has 0 radical (unpaired) electrons. The smallest absolute Gasteiger partial charge is 0.309 e. The van der Waals surface area contributed by atoms with Crippen molar-refractivity contribution in [1.29, 1.82) is 0 Å². The summed E-state index contributed by atoms with van der Waals surface area (Å²) in [4.78, 5) is 16.1. The molecule has 0 aromatic heterocycles. The number of carbonyl (C=O) groups is 1. The maximum Gasteiger partial charge on any atom is 0.309 e. The van der Waals surface area contributed by atoms with E-state index in [4.69, 9.17) is 4.74 Å². The second-order valence-electron chi connectivity index (χ2n) is 7.31. The van der Waals surface area contributed by atoms with E-state index in [9.17, 15) is 9.90 Å². The zero-order valence-corrected chi connectivity index (χ0v) is 13.7. The first-order valence-electron chi connectivity index (χ1n) is 8.19. The van der Waals surface area contributed by atoms with Crippen LogP contribution in [0.4, 0.5) is 0 Å². The summed E-state index contributed by atoms with van der Waals surface area (Å²) < 4.78 is 5.89. The van der Waals surface area contributed by atoms with Gasteiger partial charge in [0.05, 0.1) is 18.1 Å². The third-order valence-corrected chi connectivity index (χ3v) is 4.78. The monoisotopic (exact) mass is 298 g/mol. The summed E-state index contributed by atoms with van der Waals surface area (Å²) in [6.07, 6.45) is 1.75. The first kappa shape index (κ1) is 16.7. The second kappa shape index (κ2) is 7.07. The number of carboxylic acids is 1. The van der Waals surface area contributed by atoms with Crippen LogP contribution in [0.15, 0.2) is 0 Å². The quantitative estimate of drug-likeness (QED) is 0.834. The van der Waals surface area contributed by atoms with E-state index in [-0.39, 0.29) is 6.10 Å². The second-order valence-corrected chi connectivity index (χ2v) is 7.31. The highest BCUT2D eigenvalue weighted by Gasteiger charge is 2.37. The molecule has 1 atom stereocenters. The Balaban J connectivity index is 1.77. The molecule has 0 amide bonds. The Morgan fingerprint density at radius 3 is 2.52 bits per heavy atom. The summed E-state index contributed by atoms with van der Waals surface area (Å²) in [5, 5.41) is 9.27. The average molecular weight is 298 g/mol. The Bertz CT molecular complexity index is 351. The van der Waals surface area contributed by atoms with Crippen molar-refractivity contribution in [2.75, 3.05) is 45.9 Å². The number of hydrogen-bond donors (Lipinski definition) is 1. The zero-order chi connectivity index (χ0) is 15.5. The van der Waals surface area contributed by atoms with Crippen LogP contribution in [0.1, 0.15) is 33.6 Å². The van der Waals surface area contributed by atoms with Crippen LogP contribution in [0.3, 0.4) is 0 Å². The van der Waals surface area contributed by atoms with E-state index in [1.165, 1.54) is 0 Å². The van der Waals surface area contributed by atoms with Gasteiger partial charge in [0.2, 0.25) is 0 Å². The van der Waals surface area contributed by atoms with Gasteiger partial charge >= 0.3 is 5.97 Å². The minimum absolute atomic E-state index is 0.270. The molecule has 2 fully saturated rings. The molecule has 1 N–H and O–H groups in total. The Labute approximate surface area is 128 Å². The molecular weight excluding hydrogens is 268 g/mol. The molecule has 2 aliphatic rings. The molecule has 2 saturated heterocycles. The fourth-order valence-electron chi connectivity index (χ4n) is 3.30. The molecular formula is C16H30N2O3. The highest BCUT2D eigenvalue weighted by Crippen LogP contribution is 2.31. The van der Waals surface area contributed by atoms with Gasteiger partial charge in [0.1, 0.15) is 0 Å². The molecule has 0 bridgehead atoms. The summed E-state index contributed by atoms with van der Waals surface area (Å²) in [7, 11) is 0. The molecule has 0 saturated carbocycles. The Hall–Kier alpha value is -0.650. The SMILES string of the molecule is CC(C)CN1CCOC(CN2CCC(C)(C(=O)O)CC2)C1. The first-order chi connectivity index (χ1) is 9.89. The van der Waals surface area contributed by atoms with Crippen LogP contribution in [-0.4, -0.2) is 72.9 Å². The lowest BCUT2D eigenvalue weighted by molar-refractivity contribution is -0.151. The van der Waals surface area contributed by atoms with Crippen molar-refractivity contribution in [3.63, 3.8) is 0 Å². The van der Waals surface area contributed by atoms with Gasteiger partial charge in [-0.15, -0.1) is 0 Å². The number of nitrogens with zero attached hydrogens (tertiary/aromatic N) is 2. The van der Waals surface area contributed by atoms with E-state index in [1.54, 1.807) is 0 Å². The summed E-state index contributed by atoms with van der Waals surface area (Å²) in [5.41, 5.74) is -0.534. The van der Waals surface area contributed by atoms with Gasteiger partial charge in [-0.05, 0) is 38.8 Å². The number of hydrogen-bond acceptors (Lipinski definition) is 4. The molecule has 1 unspecified atom stereocenters. The minimum atomic E-state index is -0.654. The normalized spacial score (nSPS) is 27.9. The number of piperidine rings is 1. The number of aliphatic carboxylic acids is 1. The number of likely N-dealkylation sites (tertiary alicyclic amines) is 1. The van der Waals surface area contributed by atoms with E-state index >= 15 is 0 Å². The third kappa shape index (κ3) is 4.66. The van der Waals surface area contributed by atoms with Crippen molar-refractivity contribution in [3.05, 3.63) is 0 Å². The van der Waals surface area contributed by atoms with Crippen LogP contribution >= 0.6 is 0 Å². The van der Waals surface area contributed by atoms with Crippen molar-refractivity contribution >= 4 is 5.97 Å². The number of ether oxygens (including phenoxy) is 1. The summed E-state index contributed by atoms with van der Waals surface area (Å²) in [6, 6.07) is 0. The highest BCUT2D eigenvalue weighted by molar-refractivity contribution is 5.74. The van der Waals surface area contributed by atoms with Gasteiger partial charge in [-0.25, -0.2) is 0 Å². The molecule has 2 rings (SSSR count). The van der Waals surface area contributed by atoms with Crippen molar-refractivity contribution in [3.8, 4) is 0 Å². The van der Waals surface area contributed by atoms with Crippen LogP contribution in [0.2, 0.25) is 0 Å². The lowest BCUT2D eigenvalue weighted by Crippen LogP contribution is -2.51. The van der Waals surface area contributed by atoms with Gasteiger partial charge in [-0.2, -0.15) is 0 Å². The van der Waals surface area contributed by atoms with Gasteiger partial charge in [0.25, 0.3) is 0 Å². The largest absolute Gasteiger partial charge is 0.481 e. The number of carboxylic acid groups (broad SMARTS) is 1. The van der Waals surface area contributed by atoms with Crippen LogP contribution in [-0.2, 0) is 9.53 Å².